The fraction of sp³-hybridized carbons (Fsp3) is 0.100. The van der Waals surface area contributed by atoms with E-state index in [4.69, 9.17) is 0 Å². The van der Waals surface area contributed by atoms with E-state index in [0.717, 1.165) is 10.6 Å². The molecule has 1 aromatic carbocycles. The Kier molecular flexibility index (Phi) is 5.48. The number of hydrogen-bond donors (Lipinski definition) is 3. The van der Waals surface area contributed by atoms with Crippen LogP contribution in [-0.4, -0.2) is 31.6 Å². The number of aromatic nitrogens is 4. The number of thiophene rings is 1. The van der Waals surface area contributed by atoms with Crippen LogP contribution in [0.4, 0.5) is 11.5 Å². The SMILES string of the molecule is O=C(CCn1ccnc1)Nc1cccc(C(=O)Nc2cc(-c3cccs3)[nH]n2)c1. The van der Waals surface area contributed by atoms with Gasteiger partial charge in [0.25, 0.3) is 5.91 Å². The van der Waals surface area contributed by atoms with Crippen molar-refractivity contribution >= 4 is 34.7 Å². The number of hydrogen-bond acceptors (Lipinski definition) is 5. The Morgan fingerprint density at radius 3 is 2.86 bits per heavy atom. The molecule has 0 fully saturated rings. The molecule has 0 unspecified atom stereocenters. The predicted octanol–water partition coefficient (Wildman–Crippen LogP) is 3.62. The van der Waals surface area contributed by atoms with Crippen molar-refractivity contribution in [3.05, 3.63) is 72.1 Å². The second kappa shape index (κ2) is 8.53. The number of carbonyl (C=O) groups is 2. The smallest absolute Gasteiger partial charge is 0.256 e. The molecule has 29 heavy (non-hydrogen) atoms. The third-order valence-electron chi connectivity index (χ3n) is 4.17. The summed E-state index contributed by atoms with van der Waals surface area (Å²) in [5.74, 6) is 0.000985. The number of imidazole rings is 1. The van der Waals surface area contributed by atoms with Crippen molar-refractivity contribution < 1.29 is 9.59 Å². The minimum absolute atomic E-state index is 0.135. The molecule has 0 bridgehead atoms. The molecule has 3 aromatic heterocycles. The van der Waals surface area contributed by atoms with E-state index in [1.165, 1.54) is 0 Å². The number of nitrogens with one attached hydrogen (secondary N) is 3. The van der Waals surface area contributed by atoms with Gasteiger partial charge in [-0.3, -0.25) is 14.7 Å². The summed E-state index contributed by atoms with van der Waals surface area (Å²) >= 11 is 1.59. The van der Waals surface area contributed by atoms with E-state index in [1.54, 1.807) is 60.4 Å². The van der Waals surface area contributed by atoms with E-state index < -0.39 is 0 Å². The van der Waals surface area contributed by atoms with Gasteiger partial charge in [-0.25, -0.2) is 4.98 Å². The lowest BCUT2D eigenvalue weighted by atomic mass is 10.2. The number of carbonyl (C=O) groups excluding carboxylic acids is 2. The highest BCUT2D eigenvalue weighted by Gasteiger charge is 2.11. The zero-order valence-corrected chi connectivity index (χ0v) is 16.1. The summed E-state index contributed by atoms with van der Waals surface area (Å²) in [4.78, 5) is 29.7. The van der Waals surface area contributed by atoms with Crippen LogP contribution in [-0.2, 0) is 11.3 Å². The average Bonchev–Trinajstić information content (AvgIpc) is 3.48. The lowest BCUT2D eigenvalue weighted by molar-refractivity contribution is -0.116. The molecular formula is C20H18N6O2S. The monoisotopic (exact) mass is 406 g/mol. The maximum Gasteiger partial charge on any atom is 0.256 e. The summed E-state index contributed by atoms with van der Waals surface area (Å²) < 4.78 is 1.83. The molecular weight excluding hydrogens is 388 g/mol. The molecule has 0 saturated heterocycles. The minimum Gasteiger partial charge on any atom is -0.337 e. The molecule has 3 heterocycles. The Morgan fingerprint density at radius 2 is 2.07 bits per heavy atom. The molecule has 0 aliphatic carbocycles. The highest BCUT2D eigenvalue weighted by atomic mass is 32.1. The highest BCUT2D eigenvalue weighted by molar-refractivity contribution is 7.13. The van der Waals surface area contributed by atoms with Crippen molar-refractivity contribution in [3.8, 4) is 10.6 Å². The summed E-state index contributed by atoms with van der Waals surface area (Å²) in [5, 5.41) is 14.6. The maximum atomic E-state index is 12.5. The number of benzene rings is 1. The van der Waals surface area contributed by atoms with Gasteiger partial charge in [0.1, 0.15) is 0 Å². The van der Waals surface area contributed by atoms with Crippen molar-refractivity contribution in [2.24, 2.45) is 0 Å². The van der Waals surface area contributed by atoms with Crippen LogP contribution in [0.1, 0.15) is 16.8 Å². The van der Waals surface area contributed by atoms with Gasteiger partial charge in [-0.1, -0.05) is 12.1 Å². The zero-order chi connectivity index (χ0) is 20.1. The Morgan fingerprint density at radius 1 is 1.14 bits per heavy atom. The highest BCUT2D eigenvalue weighted by Crippen LogP contribution is 2.24. The van der Waals surface area contributed by atoms with Gasteiger partial charge < -0.3 is 15.2 Å². The van der Waals surface area contributed by atoms with Crippen molar-refractivity contribution in [2.45, 2.75) is 13.0 Å². The first-order valence-corrected chi connectivity index (χ1v) is 9.81. The van der Waals surface area contributed by atoms with E-state index in [2.05, 4.69) is 25.8 Å². The van der Waals surface area contributed by atoms with Gasteiger partial charge >= 0.3 is 0 Å². The molecule has 0 aliphatic heterocycles. The first-order valence-electron chi connectivity index (χ1n) is 8.94. The Labute approximate surface area is 170 Å². The average molecular weight is 406 g/mol. The van der Waals surface area contributed by atoms with Gasteiger partial charge in [-0.05, 0) is 29.6 Å². The number of aryl methyl sites for hydroxylation is 1. The molecule has 4 aromatic rings. The summed E-state index contributed by atoms with van der Waals surface area (Å²) in [5.41, 5.74) is 1.84. The maximum absolute atomic E-state index is 12.5. The minimum atomic E-state index is -0.302. The van der Waals surface area contributed by atoms with Crippen LogP contribution in [0.15, 0.2) is 66.6 Å². The van der Waals surface area contributed by atoms with Crippen molar-refractivity contribution in [1.29, 1.82) is 0 Å². The Balaban J connectivity index is 1.36. The van der Waals surface area contributed by atoms with Gasteiger partial charge in [0.05, 0.1) is 16.9 Å². The van der Waals surface area contributed by atoms with Gasteiger partial charge in [-0.15, -0.1) is 11.3 Å². The Bertz CT molecular complexity index is 1100. The van der Waals surface area contributed by atoms with Crippen LogP contribution in [0, 0.1) is 0 Å². The van der Waals surface area contributed by atoms with Crippen LogP contribution in [0.3, 0.4) is 0 Å². The molecule has 3 N–H and O–H groups in total. The summed E-state index contributed by atoms with van der Waals surface area (Å²) in [6.07, 6.45) is 5.45. The third kappa shape index (κ3) is 4.77. The number of H-pyrrole nitrogens is 1. The van der Waals surface area contributed by atoms with Crippen LogP contribution in [0.5, 0.6) is 0 Å². The summed E-state index contributed by atoms with van der Waals surface area (Å²) in [7, 11) is 0. The molecule has 2 amide bonds. The van der Waals surface area contributed by atoms with Crippen molar-refractivity contribution in [3.63, 3.8) is 0 Å². The lowest BCUT2D eigenvalue weighted by Crippen LogP contribution is -2.16. The quantitative estimate of drug-likeness (QED) is 0.436. The third-order valence-corrected chi connectivity index (χ3v) is 5.07. The second-order valence-corrected chi connectivity index (χ2v) is 7.23. The molecule has 0 aliphatic rings. The standard InChI is InChI=1S/C20H18N6O2S/c27-19(6-8-26-9-7-21-13-26)22-15-4-1-3-14(11-15)20(28)23-18-12-16(24-25-18)17-5-2-10-29-17/h1-5,7,9-13H,6,8H2,(H,22,27)(H2,23,24,25,28). The molecule has 146 valence electrons. The number of aromatic amines is 1. The van der Waals surface area contributed by atoms with Gasteiger partial charge in [0, 0.05) is 42.7 Å². The lowest BCUT2D eigenvalue weighted by Gasteiger charge is -2.08. The van der Waals surface area contributed by atoms with Gasteiger partial charge in [-0.2, -0.15) is 5.10 Å². The molecule has 0 radical (unpaired) electrons. The first-order chi connectivity index (χ1) is 14.2. The summed E-state index contributed by atoms with van der Waals surface area (Å²) in [6.45, 7) is 0.539. The largest absolute Gasteiger partial charge is 0.337 e. The predicted molar refractivity (Wildman–Crippen MR) is 112 cm³/mol. The molecule has 9 heteroatoms. The molecule has 4 rings (SSSR count). The van der Waals surface area contributed by atoms with Crippen LogP contribution < -0.4 is 10.6 Å². The van der Waals surface area contributed by atoms with Crippen molar-refractivity contribution in [2.75, 3.05) is 10.6 Å². The number of amides is 2. The topological polar surface area (TPSA) is 105 Å². The van der Waals surface area contributed by atoms with Crippen LogP contribution in [0.2, 0.25) is 0 Å². The van der Waals surface area contributed by atoms with E-state index in [1.807, 2.05) is 22.1 Å². The zero-order valence-electron chi connectivity index (χ0n) is 15.3. The fourth-order valence-corrected chi connectivity index (χ4v) is 3.44. The molecule has 0 saturated carbocycles. The number of rotatable bonds is 7. The molecule has 0 spiro atoms. The van der Waals surface area contributed by atoms with E-state index >= 15 is 0 Å². The van der Waals surface area contributed by atoms with Crippen LogP contribution >= 0.6 is 11.3 Å². The molecule has 8 nitrogen and oxygen atoms in total. The number of nitrogens with zero attached hydrogens (tertiary/aromatic N) is 3. The second-order valence-electron chi connectivity index (χ2n) is 6.28. The van der Waals surface area contributed by atoms with Crippen LogP contribution in [0.25, 0.3) is 10.6 Å². The molecule has 0 atom stereocenters. The summed E-state index contributed by atoms with van der Waals surface area (Å²) in [6, 6.07) is 12.5. The van der Waals surface area contributed by atoms with E-state index in [9.17, 15) is 9.59 Å². The number of anilines is 2. The fourth-order valence-electron chi connectivity index (χ4n) is 2.74. The van der Waals surface area contributed by atoms with Gasteiger partial charge in [0.2, 0.25) is 5.91 Å². The van der Waals surface area contributed by atoms with E-state index in [0.29, 0.717) is 30.0 Å². The normalized spacial score (nSPS) is 10.6. The van der Waals surface area contributed by atoms with Crippen molar-refractivity contribution in [1.82, 2.24) is 19.7 Å². The first kappa shape index (κ1) is 18.6. The van der Waals surface area contributed by atoms with E-state index in [-0.39, 0.29) is 11.8 Å². The Hall–Kier alpha value is -3.72. The van der Waals surface area contributed by atoms with Gasteiger partial charge in [0.15, 0.2) is 5.82 Å².